The summed E-state index contributed by atoms with van der Waals surface area (Å²) in [6.45, 7) is 9.21. The van der Waals surface area contributed by atoms with Crippen molar-refractivity contribution in [1.82, 2.24) is 15.1 Å². The van der Waals surface area contributed by atoms with E-state index in [9.17, 15) is 4.79 Å². The Labute approximate surface area is 131 Å². The fraction of sp³-hybridized carbons (Fsp3) is 0.412. The average Bonchev–Trinajstić information content (AvgIpc) is 2.89. The Morgan fingerprint density at radius 2 is 2.09 bits per heavy atom. The molecule has 0 aliphatic rings. The van der Waals surface area contributed by atoms with Crippen molar-refractivity contribution in [2.75, 3.05) is 6.61 Å². The summed E-state index contributed by atoms with van der Waals surface area (Å²) in [4.78, 5) is 12.5. The Morgan fingerprint density at radius 3 is 2.73 bits per heavy atom. The zero-order chi connectivity index (χ0) is 16.1. The number of aromatic nitrogens is 2. The molecule has 0 saturated heterocycles. The van der Waals surface area contributed by atoms with E-state index >= 15 is 0 Å². The number of hydrogen-bond acceptors (Lipinski definition) is 3. The quantitative estimate of drug-likeness (QED) is 0.892. The zero-order valence-electron chi connectivity index (χ0n) is 13.6. The summed E-state index contributed by atoms with van der Waals surface area (Å²) in [7, 11) is 0. The molecule has 0 saturated carbocycles. The van der Waals surface area contributed by atoms with Gasteiger partial charge in [-0.3, -0.25) is 9.48 Å². The van der Waals surface area contributed by atoms with Gasteiger partial charge in [0.1, 0.15) is 5.75 Å². The Balaban J connectivity index is 2.16. The van der Waals surface area contributed by atoms with E-state index in [-0.39, 0.29) is 11.9 Å². The summed E-state index contributed by atoms with van der Waals surface area (Å²) in [5.41, 5.74) is 2.52. The van der Waals surface area contributed by atoms with E-state index in [1.165, 1.54) is 0 Å². The van der Waals surface area contributed by atoms with Crippen molar-refractivity contribution in [3.05, 3.63) is 47.3 Å². The predicted octanol–water partition coefficient (Wildman–Crippen LogP) is 3.10. The highest BCUT2D eigenvalue weighted by atomic mass is 16.5. The second-order valence-corrected chi connectivity index (χ2v) is 5.15. The van der Waals surface area contributed by atoms with Crippen LogP contribution in [-0.4, -0.2) is 22.3 Å². The third-order valence-electron chi connectivity index (χ3n) is 3.55. The van der Waals surface area contributed by atoms with Gasteiger partial charge in [-0.2, -0.15) is 5.10 Å². The molecular formula is C17H23N3O2. The molecule has 2 rings (SSSR count). The Hall–Kier alpha value is -2.30. The van der Waals surface area contributed by atoms with E-state index in [4.69, 9.17) is 4.74 Å². The third kappa shape index (κ3) is 3.47. The molecule has 1 aromatic heterocycles. The van der Waals surface area contributed by atoms with Crippen LogP contribution in [0.3, 0.4) is 0 Å². The zero-order valence-corrected chi connectivity index (χ0v) is 13.6. The molecule has 1 heterocycles. The van der Waals surface area contributed by atoms with Crippen molar-refractivity contribution in [1.29, 1.82) is 0 Å². The van der Waals surface area contributed by atoms with Crippen molar-refractivity contribution in [2.45, 2.75) is 40.3 Å². The highest BCUT2D eigenvalue weighted by Crippen LogP contribution is 2.21. The normalized spacial score (nSPS) is 12.0. The van der Waals surface area contributed by atoms with Crippen molar-refractivity contribution in [2.24, 2.45) is 0 Å². The van der Waals surface area contributed by atoms with Gasteiger partial charge in [0.05, 0.1) is 23.9 Å². The van der Waals surface area contributed by atoms with Crippen LogP contribution in [0.2, 0.25) is 0 Å². The van der Waals surface area contributed by atoms with Crippen LogP contribution in [0.4, 0.5) is 0 Å². The lowest BCUT2D eigenvalue weighted by atomic mass is 10.1. The number of rotatable bonds is 6. The minimum absolute atomic E-state index is 0.109. The maximum absolute atomic E-state index is 12.5. The summed E-state index contributed by atoms with van der Waals surface area (Å²) in [6.07, 6.45) is 1.98. The van der Waals surface area contributed by atoms with Crippen molar-refractivity contribution in [3.63, 3.8) is 0 Å². The van der Waals surface area contributed by atoms with Gasteiger partial charge in [0.25, 0.3) is 5.91 Å². The van der Waals surface area contributed by atoms with Gasteiger partial charge in [-0.15, -0.1) is 0 Å². The fourth-order valence-electron chi connectivity index (χ4n) is 2.41. The van der Waals surface area contributed by atoms with Gasteiger partial charge in [-0.1, -0.05) is 12.1 Å². The molecule has 0 fully saturated rings. The van der Waals surface area contributed by atoms with Crippen LogP contribution >= 0.6 is 0 Å². The summed E-state index contributed by atoms with van der Waals surface area (Å²) in [5, 5.41) is 7.44. The number of nitrogens with zero attached hydrogens (tertiary/aromatic N) is 2. The molecular weight excluding hydrogens is 278 g/mol. The van der Waals surface area contributed by atoms with E-state index in [0.717, 1.165) is 17.8 Å². The molecule has 0 aliphatic heterocycles. The van der Waals surface area contributed by atoms with Gasteiger partial charge in [-0.25, -0.2) is 0 Å². The molecule has 1 atom stereocenters. The van der Waals surface area contributed by atoms with Crippen LogP contribution in [0.5, 0.6) is 5.75 Å². The lowest BCUT2D eigenvalue weighted by molar-refractivity contribution is 0.0936. The second-order valence-electron chi connectivity index (χ2n) is 5.15. The first kappa shape index (κ1) is 16.1. The predicted molar refractivity (Wildman–Crippen MR) is 86.1 cm³/mol. The topological polar surface area (TPSA) is 56.1 Å². The van der Waals surface area contributed by atoms with Crippen LogP contribution in [0.1, 0.15) is 48.4 Å². The monoisotopic (exact) mass is 301 g/mol. The smallest absolute Gasteiger partial charge is 0.255 e. The van der Waals surface area contributed by atoms with Crippen LogP contribution in [0.25, 0.3) is 0 Å². The lowest BCUT2D eigenvalue weighted by Gasteiger charge is -2.15. The molecule has 2 aromatic rings. The number of ether oxygens (including phenoxy) is 1. The third-order valence-corrected chi connectivity index (χ3v) is 3.55. The molecule has 118 valence electrons. The van der Waals surface area contributed by atoms with Crippen molar-refractivity contribution >= 4 is 5.91 Å². The van der Waals surface area contributed by atoms with E-state index in [0.29, 0.717) is 17.9 Å². The molecule has 1 N–H and O–H groups in total. The molecule has 5 nitrogen and oxygen atoms in total. The first-order valence-electron chi connectivity index (χ1n) is 7.63. The van der Waals surface area contributed by atoms with Crippen LogP contribution in [0, 0.1) is 6.92 Å². The number of carbonyl (C=O) groups is 1. The standard InChI is InChI=1S/C17H23N3O2/c1-5-20-11-15(13(4)19-20)12(3)18-17(21)14-9-7-8-10-16(14)22-6-2/h7-12H,5-6H2,1-4H3,(H,18,21). The minimum Gasteiger partial charge on any atom is -0.493 e. The van der Waals surface area contributed by atoms with Crippen LogP contribution < -0.4 is 10.1 Å². The van der Waals surface area contributed by atoms with Gasteiger partial charge < -0.3 is 10.1 Å². The maximum Gasteiger partial charge on any atom is 0.255 e. The molecule has 22 heavy (non-hydrogen) atoms. The summed E-state index contributed by atoms with van der Waals surface area (Å²) < 4.78 is 7.39. The number of para-hydroxylation sites is 1. The van der Waals surface area contributed by atoms with Crippen molar-refractivity contribution in [3.8, 4) is 5.75 Å². The first-order valence-corrected chi connectivity index (χ1v) is 7.63. The molecule has 0 spiro atoms. The number of aryl methyl sites for hydroxylation is 2. The minimum atomic E-state index is -0.139. The van der Waals surface area contributed by atoms with Crippen LogP contribution in [0.15, 0.2) is 30.5 Å². The van der Waals surface area contributed by atoms with Gasteiger partial charge in [0.2, 0.25) is 0 Å². The number of benzene rings is 1. The molecule has 5 heteroatoms. The van der Waals surface area contributed by atoms with Gasteiger partial charge >= 0.3 is 0 Å². The first-order chi connectivity index (χ1) is 10.6. The molecule has 0 radical (unpaired) electrons. The number of nitrogens with one attached hydrogen (secondary N) is 1. The molecule has 0 bridgehead atoms. The fourth-order valence-corrected chi connectivity index (χ4v) is 2.41. The largest absolute Gasteiger partial charge is 0.493 e. The summed E-state index contributed by atoms with van der Waals surface area (Å²) >= 11 is 0. The molecule has 0 aliphatic carbocycles. The summed E-state index contributed by atoms with van der Waals surface area (Å²) in [6, 6.07) is 7.17. The van der Waals surface area contributed by atoms with Crippen molar-refractivity contribution < 1.29 is 9.53 Å². The number of amides is 1. The van der Waals surface area contributed by atoms with E-state index < -0.39 is 0 Å². The van der Waals surface area contributed by atoms with E-state index in [2.05, 4.69) is 10.4 Å². The van der Waals surface area contributed by atoms with Gasteiger partial charge in [0.15, 0.2) is 0 Å². The van der Waals surface area contributed by atoms with E-state index in [1.54, 1.807) is 6.07 Å². The van der Waals surface area contributed by atoms with Crippen LogP contribution in [-0.2, 0) is 6.54 Å². The van der Waals surface area contributed by atoms with Gasteiger partial charge in [-0.05, 0) is 39.8 Å². The number of carbonyl (C=O) groups excluding carboxylic acids is 1. The highest BCUT2D eigenvalue weighted by Gasteiger charge is 2.18. The molecule has 1 unspecified atom stereocenters. The Bertz CT molecular complexity index is 649. The number of hydrogen-bond donors (Lipinski definition) is 1. The lowest BCUT2D eigenvalue weighted by Crippen LogP contribution is -2.27. The van der Waals surface area contributed by atoms with E-state index in [1.807, 2.05) is 56.8 Å². The SMILES string of the molecule is CCOc1ccccc1C(=O)NC(C)c1cn(CC)nc1C. The highest BCUT2D eigenvalue weighted by molar-refractivity contribution is 5.97. The maximum atomic E-state index is 12.5. The molecule has 1 aromatic carbocycles. The van der Waals surface area contributed by atoms with Gasteiger partial charge in [0, 0.05) is 18.3 Å². The molecule has 1 amide bonds. The average molecular weight is 301 g/mol. The summed E-state index contributed by atoms with van der Waals surface area (Å²) in [5.74, 6) is 0.468. The Morgan fingerprint density at radius 1 is 1.36 bits per heavy atom. The Kier molecular flexibility index (Phi) is 5.20. The second kappa shape index (κ2) is 7.11.